The average Bonchev–Trinajstić information content (AvgIpc) is 3.36. The molecule has 1 aliphatic rings. The number of esters is 1. The van der Waals surface area contributed by atoms with Crippen LogP contribution in [-0.2, 0) is 4.74 Å². The van der Waals surface area contributed by atoms with Crippen LogP contribution in [0.4, 0.5) is 14.6 Å². The molecule has 1 fully saturated rings. The average molecular weight is 404 g/mol. The molecular formula is C19H18F2N4O2S. The number of halogens is 2. The first kappa shape index (κ1) is 18.7. The first-order valence-electron chi connectivity index (χ1n) is 9.02. The standard InChI is InChI=1S/C19H18F2N4O2S/c1-2-27-19(26)13-10-28-18(23-13)14-8-5-9-25(14)17-11-6-3-4-7-12(11)22-16(24-17)15(20)21/h3-4,6-7,10,14-15H,2,5,8-9H2,1H3. The van der Waals surface area contributed by atoms with Crippen LogP contribution in [0, 0.1) is 0 Å². The molecule has 0 bridgehead atoms. The summed E-state index contributed by atoms with van der Waals surface area (Å²) >= 11 is 1.37. The Hall–Kier alpha value is -2.68. The number of anilines is 1. The second-order valence-corrected chi connectivity index (χ2v) is 7.26. The van der Waals surface area contributed by atoms with Gasteiger partial charge < -0.3 is 9.64 Å². The molecule has 0 N–H and O–H groups in total. The third-order valence-corrected chi connectivity index (χ3v) is 5.56. The first-order chi connectivity index (χ1) is 13.6. The van der Waals surface area contributed by atoms with E-state index in [-0.39, 0.29) is 18.3 Å². The van der Waals surface area contributed by atoms with E-state index in [1.807, 2.05) is 17.0 Å². The molecule has 0 aliphatic carbocycles. The van der Waals surface area contributed by atoms with Crippen LogP contribution in [0.25, 0.3) is 10.9 Å². The van der Waals surface area contributed by atoms with Crippen molar-refractivity contribution in [2.75, 3.05) is 18.1 Å². The van der Waals surface area contributed by atoms with E-state index in [1.54, 1.807) is 24.4 Å². The van der Waals surface area contributed by atoms with Crippen molar-refractivity contribution in [1.82, 2.24) is 15.0 Å². The van der Waals surface area contributed by atoms with Crippen LogP contribution in [0.1, 0.15) is 53.6 Å². The lowest BCUT2D eigenvalue weighted by Gasteiger charge is -2.25. The smallest absolute Gasteiger partial charge is 0.357 e. The van der Waals surface area contributed by atoms with Gasteiger partial charge in [0.2, 0.25) is 0 Å². The molecule has 0 spiro atoms. The van der Waals surface area contributed by atoms with Crippen molar-refractivity contribution in [2.45, 2.75) is 32.2 Å². The van der Waals surface area contributed by atoms with Gasteiger partial charge >= 0.3 is 5.97 Å². The Morgan fingerprint density at radius 2 is 2.14 bits per heavy atom. The van der Waals surface area contributed by atoms with Crippen LogP contribution in [0.3, 0.4) is 0 Å². The maximum Gasteiger partial charge on any atom is 0.357 e. The van der Waals surface area contributed by atoms with E-state index in [2.05, 4.69) is 15.0 Å². The zero-order chi connectivity index (χ0) is 19.7. The summed E-state index contributed by atoms with van der Waals surface area (Å²) in [5.41, 5.74) is 0.759. The molecule has 9 heteroatoms. The number of rotatable bonds is 5. The van der Waals surface area contributed by atoms with Gasteiger partial charge in [0.15, 0.2) is 11.5 Å². The maximum atomic E-state index is 13.3. The van der Waals surface area contributed by atoms with Gasteiger partial charge in [-0.2, -0.15) is 0 Å². The molecule has 1 saturated heterocycles. The van der Waals surface area contributed by atoms with Crippen molar-refractivity contribution in [3.63, 3.8) is 0 Å². The number of carbonyl (C=O) groups is 1. The van der Waals surface area contributed by atoms with E-state index >= 15 is 0 Å². The Morgan fingerprint density at radius 3 is 2.93 bits per heavy atom. The lowest BCUT2D eigenvalue weighted by Crippen LogP contribution is -2.24. The number of carbonyl (C=O) groups excluding carboxylic acids is 1. The van der Waals surface area contributed by atoms with Crippen LogP contribution in [-0.4, -0.2) is 34.1 Å². The van der Waals surface area contributed by atoms with E-state index in [9.17, 15) is 13.6 Å². The van der Waals surface area contributed by atoms with Gasteiger partial charge in [-0.15, -0.1) is 11.3 Å². The van der Waals surface area contributed by atoms with Gasteiger partial charge in [0.05, 0.1) is 18.2 Å². The molecule has 0 radical (unpaired) electrons. The molecule has 28 heavy (non-hydrogen) atoms. The number of aromatic nitrogens is 3. The normalized spacial score (nSPS) is 16.9. The predicted octanol–water partition coefficient (Wildman–Crippen LogP) is 4.54. The van der Waals surface area contributed by atoms with Crippen molar-refractivity contribution in [1.29, 1.82) is 0 Å². The Morgan fingerprint density at radius 1 is 1.32 bits per heavy atom. The molecule has 3 heterocycles. The zero-order valence-electron chi connectivity index (χ0n) is 15.1. The SMILES string of the molecule is CCOC(=O)c1csc(C2CCCN2c2nc(C(F)F)nc3ccccc23)n1. The fourth-order valence-corrected chi connectivity index (χ4v) is 4.34. The highest BCUT2D eigenvalue weighted by atomic mass is 32.1. The van der Waals surface area contributed by atoms with Crippen molar-refractivity contribution < 1.29 is 18.3 Å². The Balaban J connectivity index is 1.74. The van der Waals surface area contributed by atoms with Gasteiger partial charge in [0.1, 0.15) is 10.8 Å². The molecule has 1 atom stereocenters. The van der Waals surface area contributed by atoms with Gasteiger partial charge in [0, 0.05) is 17.3 Å². The van der Waals surface area contributed by atoms with Crippen LogP contribution >= 0.6 is 11.3 Å². The number of hydrogen-bond acceptors (Lipinski definition) is 7. The van der Waals surface area contributed by atoms with E-state index in [4.69, 9.17) is 4.74 Å². The minimum atomic E-state index is -2.75. The fourth-order valence-electron chi connectivity index (χ4n) is 3.41. The van der Waals surface area contributed by atoms with E-state index < -0.39 is 18.2 Å². The minimum Gasteiger partial charge on any atom is -0.461 e. The number of ether oxygens (including phenoxy) is 1. The molecule has 1 aliphatic heterocycles. The highest BCUT2D eigenvalue weighted by molar-refractivity contribution is 7.10. The largest absolute Gasteiger partial charge is 0.461 e. The molecule has 3 aromatic rings. The summed E-state index contributed by atoms with van der Waals surface area (Å²) in [5, 5.41) is 3.15. The van der Waals surface area contributed by atoms with Crippen LogP contribution in [0.2, 0.25) is 0 Å². The zero-order valence-corrected chi connectivity index (χ0v) is 16.0. The first-order valence-corrected chi connectivity index (χ1v) is 9.90. The van der Waals surface area contributed by atoms with Crippen LogP contribution < -0.4 is 4.90 Å². The molecule has 146 valence electrons. The summed E-state index contributed by atoms with van der Waals surface area (Å²) in [6.07, 6.45) is -1.07. The molecule has 1 aromatic carbocycles. The molecule has 1 unspecified atom stereocenters. The summed E-state index contributed by atoms with van der Waals surface area (Å²) in [6, 6.07) is 7.02. The molecule has 0 amide bonds. The third-order valence-electron chi connectivity index (χ3n) is 4.61. The quantitative estimate of drug-likeness (QED) is 0.582. The summed E-state index contributed by atoms with van der Waals surface area (Å²) in [6.45, 7) is 2.69. The van der Waals surface area contributed by atoms with Crippen LogP contribution in [0.15, 0.2) is 29.6 Å². The monoisotopic (exact) mass is 404 g/mol. The fraction of sp³-hybridized carbons (Fsp3) is 0.368. The highest BCUT2D eigenvalue weighted by Gasteiger charge is 2.32. The van der Waals surface area contributed by atoms with E-state index in [0.29, 0.717) is 17.9 Å². The minimum absolute atomic E-state index is 0.128. The lowest BCUT2D eigenvalue weighted by molar-refractivity contribution is 0.0520. The highest BCUT2D eigenvalue weighted by Crippen LogP contribution is 2.39. The predicted molar refractivity (Wildman–Crippen MR) is 102 cm³/mol. The molecular weight excluding hydrogens is 386 g/mol. The van der Waals surface area contributed by atoms with E-state index in [1.165, 1.54) is 11.3 Å². The summed E-state index contributed by atoms with van der Waals surface area (Å²) < 4.78 is 31.7. The Labute approximate surface area is 164 Å². The summed E-state index contributed by atoms with van der Waals surface area (Å²) in [4.78, 5) is 26.5. The molecule has 6 nitrogen and oxygen atoms in total. The van der Waals surface area contributed by atoms with Crippen molar-refractivity contribution >= 4 is 34.0 Å². The van der Waals surface area contributed by atoms with Crippen molar-refractivity contribution in [2.24, 2.45) is 0 Å². The lowest BCUT2D eigenvalue weighted by atomic mass is 10.2. The third kappa shape index (κ3) is 3.42. The van der Waals surface area contributed by atoms with E-state index in [0.717, 1.165) is 23.2 Å². The van der Waals surface area contributed by atoms with Gasteiger partial charge in [-0.1, -0.05) is 12.1 Å². The summed E-state index contributed by atoms with van der Waals surface area (Å²) in [7, 11) is 0. The summed E-state index contributed by atoms with van der Waals surface area (Å²) in [5.74, 6) is -0.455. The van der Waals surface area contributed by atoms with Gasteiger partial charge in [-0.05, 0) is 31.9 Å². The van der Waals surface area contributed by atoms with Crippen molar-refractivity contribution in [3.05, 3.63) is 46.2 Å². The number of benzene rings is 1. The number of alkyl halides is 2. The molecule has 0 saturated carbocycles. The molecule has 4 rings (SSSR count). The van der Waals surface area contributed by atoms with Gasteiger partial charge in [-0.3, -0.25) is 0 Å². The molecule has 2 aromatic heterocycles. The maximum absolute atomic E-state index is 13.3. The van der Waals surface area contributed by atoms with Gasteiger partial charge in [0.25, 0.3) is 6.43 Å². The number of fused-ring (bicyclic) bond motifs is 1. The van der Waals surface area contributed by atoms with Crippen LogP contribution in [0.5, 0.6) is 0 Å². The number of hydrogen-bond donors (Lipinski definition) is 0. The number of nitrogens with zero attached hydrogens (tertiary/aromatic N) is 4. The second kappa shape index (κ2) is 7.75. The topological polar surface area (TPSA) is 68.2 Å². The number of thiazole rings is 1. The Bertz CT molecular complexity index is 1010. The van der Waals surface area contributed by atoms with Gasteiger partial charge in [-0.25, -0.2) is 28.5 Å². The van der Waals surface area contributed by atoms with Crippen molar-refractivity contribution in [3.8, 4) is 0 Å². The Kier molecular flexibility index (Phi) is 5.17. The second-order valence-electron chi connectivity index (χ2n) is 6.37. The number of para-hydroxylation sites is 1.